The van der Waals surface area contributed by atoms with Gasteiger partial charge in [-0.3, -0.25) is 9.20 Å². The van der Waals surface area contributed by atoms with Gasteiger partial charge < -0.3 is 14.8 Å². The lowest BCUT2D eigenvalue weighted by molar-refractivity contribution is 0.0529. The van der Waals surface area contributed by atoms with Gasteiger partial charge in [0.25, 0.3) is 5.91 Å². The van der Waals surface area contributed by atoms with Crippen LogP contribution in [0.5, 0.6) is 5.75 Å². The number of anilines is 1. The number of carbonyl (C=O) groups is 2. The van der Waals surface area contributed by atoms with E-state index in [9.17, 15) is 9.59 Å². The Kier molecular flexibility index (Phi) is 6.67. The summed E-state index contributed by atoms with van der Waals surface area (Å²) in [5.41, 5.74) is 3.30. The average Bonchev–Trinajstić information content (AvgIpc) is 3.34. The number of amides is 1. The molecule has 4 rings (SSSR count). The molecule has 3 heterocycles. The normalized spacial score (nSPS) is 10.9. The molecule has 3 aromatic heterocycles. The van der Waals surface area contributed by atoms with Gasteiger partial charge in [-0.2, -0.15) is 0 Å². The molecule has 0 saturated carbocycles. The highest BCUT2D eigenvalue weighted by atomic mass is 35.5. The number of imidazole rings is 1. The van der Waals surface area contributed by atoms with Crippen LogP contribution in [0, 0.1) is 6.92 Å². The van der Waals surface area contributed by atoms with Gasteiger partial charge in [0, 0.05) is 28.2 Å². The summed E-state index contributed by atoms with van der Waals surface area (Å²) in [6.07, 6.45) is 1.69. The molecule has 1 amide bonds. The molecule has 0 aliphatic heterocycles. The van der Waals surface area contributed by atoms with Gasteiger partial charge in [-0.15, -0.1) is 11.3 Å². The summed E-state index contributed by atoms with van der Waals surface area (Å²) in [6.45, 7) is 6.20. The van der Waals surface area contributed by atoms with Crippen LogP contribution < -0.4 is 10.1 Å². The molecular formula is C24H22ClN3O4S. The number of esters is 1. The molecule has 0 saturated heterocycles. The van der Waals surface area contributed by atoms with Crippen LogP contribution in [0.25, 0.3) is 16.8 Å². The lowest BCUT2D eigenvalue weighted by atomic mass is 10.0. The average molecular weight is 484 g/mol. The van der Waals surface area contributed by atoms with E-state index in [1.807, 2.05) is 36.6 Å². The van der Waals surface area contributed by atoms with Gasteiger partial charge in [0.15, 0.2) is 0 Å². The number of aryl methyl sites for hydroxylation is 1. The smallest absolute Gasteiger partial charge is 0.341 e. The Hall–Kier alpha value is -3.36. The molecule has 0 fully saturated rings. The largest absolute Gasteiger partial charge is 0.494 e. The van der Waals surface area contributed by atoms with E-state index in [1.54, 1.807) is 36.6 Å². The molecule has 0 aliphatic carbocycles. The first kappa shape index (κ1) is 22.8. The number of carbonyl (C=O) groups excluding carboxylic acids is 2. The maximum atomic E-state index is 13.2. The van der Waals surface area contributed by atoms with E-state index in [1.165, 1.54) is 11.3 Å². The van der Waals surface area contributed by atoms with Crippen molar-refractivity contribution in [3.63, 3.8) is 0 Å². The van der Waals surface area contributed by atoms with Crippen molar-refractivity contribution < 1.29 is 19.1 Å². The van der Waals surface area contributed by atoms with Crippen molar-refractivity contribution in [2.75, 3.05) is 18.5 Å². The maximum absolute atomic E-state index is 13.2. The summed E-state index contributed by atoms with van der Waals surface area (Å²) in [5.74, 6) is -0.140. The number of hydrogen-bond donors (Lipinski definition) is 1. The number of nitrogens with one attached hydrogen (secondary N) is 1. The molecule has 0 bridgehead atoms. The van der Waals surface area contributed by atoms with E-state index in [2.05, 4.69) is 10.3 Å². The third kappa shape index (κ3) is 4.58. The van der Waals surface area contributed by atoms with Gasteiger partial charge in [0.2, 0.25) is 0 Å². The molecule has 0 unspecified atom stereocenters. The third-order valence-electron chi connectivity index (χ3n) is 4.95. The fourth-order valence-electron chi connectivity index (χ4n) is 3.54. The zero-order chi connectivity index (χ0) is 23.5. The Balaban J connectivity index is 1.71. The lowest BCUT2D eigenvalue weighted by Gasteiger charge is -2.10. The quantitative estimate of drug-likeness (QED) is 0.333. The van der Waals surface area contributed by atoms with E-state index < -0.39 is 5.97 Å². The molecule has 170 valence electrons. The fraction of sp³-hybridized carbons (Fsp3) is 0.208. The van der Waals surface area contributed by atoms with Crippen LogP contribution in [0.4, 0.5) is 5.00 Å². The van der Waals surface area contributed by atoms with E-state index in [0.29, 0.717) is 44.8 Å². The van der Waals surface area contributed by atoms with Crippen LogP contribution in [0.1, 0.15) is 40.4 Å². The minimum Gasteiger partial charge on any atom is -0.494 e. The van der Waals surface area contributed by atoms with Gasteiger partial charge in [-0.25, -0.2) is 9.78 Å². The Labute approximate surface area is 199 Å². The van der Waals surface area contributed by atoms with Crippen molar-refractivity contribution in [2.45, 2.75) is 20.8 Å². The molecule has 7 nitrogen and oxygen atoms in total. The van der Waals surface area contributed by atoms with Gasteiger partial charge in [-0.05, 0) is 44.5 Å². The number of hydrogen-bond acceptors (Lipinski definition) is 6. The number of fused-ring (bicyclic) bond motifs is 1. The number of thiophene rings is 1. The molecule has 0 radical (unpaired) electrons. The lowest BCUT2D eigenvalue weighted by Crippen LogP contribution is -2.17. The molecule has 4 aromatic rings. The zero-order valence-electron chi connectivity index (χ0n) is 18.3. The SMILES string of the molecule is CCOC(=O)c1c(-c2ccc(OCC)cc2)csc1NC(=O)c1c(C)nc2cc(Cl)ccn12. The first-order valence-corrected chi connectivity index (χ1v) is 11.7. The van der Waals surface area contributed by atoms with Crippen molar-refractivity contribution in [2.24, 2.45) is 0 Å². The van der Waals surface area contributed by atoms with E-state index in [0.717, 1.165) is 11.3 Å². The number of aromatic nitrogens is 2. The van der Waals surface area contributed by atoms with Crippen LogP contribution in [-0.2, 0) is 4.74 Å². The first-order valence-electron chi connectivity index (χ1n) is 10.4. The second-order valence-electron chi connectivity index (χ2n) is 7.10. The first-order chi connectivity index (χ1) is 15.9. The highest BCUT2D eigenvalue weighted by molar-refractivity contribution is 7.15. The number of benzene rings is 1. The molecule has 1 aromatic carbocycles. The Morgan fingerprint density at radius 1 is 1.15 bits per heavy atom. The van der Waals surface area contributed by atoms with Crippen molar-refractivity contribution >= 4 is 45.5 Å². The standard InChI is InChI=1S/C24H22ClN3O4S/c1-4-31-17-8-6-15(7-9-17)18-13-33-23(20(18)24(30)32-5-2)27-22(29)21-14(3)26-19-12-16(25)10-11-28(19)21/h6-13H,4-5H2,1-3H3,(H,27,29). The molecule has 9 heteroatoms. The minimum atomic E-state index is -0.500. The van der Waals surface area contributed by atoms with Crippen LogP contribution in [-0.4, -0.2) is 34.5 Å². The Morgan fingerprint density at radius 3 is 2.61 bits per heavy atom. The zero-order valence-corrected chi connectivity index (χ0v) is 19.9. The number of halogens is 1. The third-order valence-corrected chi connectivity index (χ3v) is 6.08. The molecule has 0 aliphatic rings. The second-order valence-corrected chi connectivity index (χ2v) is 8.42. The molecule has 33 heavy (non-hydrogen) atoms. The van der Waals surface area contributed by atoms with Crippen LogP contribution in [0.15, 0.2) is 48.0 Å². The summed E-state index contributed by atoms with van der Waals surface area (Å²) in [6, 6.07) is 10.8. The van der Waals surface area contributed by atoms with Crippen molar-refractivity contribution in [1.82, 2.24) is 9.38 Å². The number of nitrogens with zero attached hydrogens (tertiary/aromatic N) is 2. The van der Waals surface area contributed by atoms with E-state index in [-0.39, 0.29) is 12.5 Å². The Bertz CT molecular complexity index is 1330. The number of ether oxygens (including phenoxy) is 2. The van der Waals surface area contributed by atoms with Crippen molar-refractivity contribution in [3.8, 4) is 16.9 Å². The number of pyridine rings is 1. The van der Waals surface area contributed by atoms with Crippen LogP contribution in [0.2, 0.25) is 5.02 Å². The number of rotatable bonds is 7. The van der Waals surface area contributed by atoms with E-state index >= 15 is 0 Å². The van der Waals surface area contributed by atoms with Crippen molar-refractivity contribution in [3.05, 3.63) is 69.9 Å². The van der Waals surface area contributed by atoms with Crippen LogP contribution in [0.3, 0.4) is 0 Å². The summed E-state index contributed by atoms with van der Waals surface area (Å²) in [5, 5.41) is 5.65. The fourth-order valence-corrected chi connectivity index (χ4v) is 4.65. The topological polar surface area (TPSA) is 81.9 Å². The molecule has 1 N–H and O–H groups in total. The summed E-state index contributed by atoms with van der Waals surface area (Å²) in [4.78, 5) is 30.5. The predicted molar refractivity (Wildman–Crippen MR) is 130 cm³/mol. The Morgan fingerprint density at radius 2 is 1.91 bits per heavy atom. The van der Waals surface area contributed by atoms with E-state index in [4.69, 9.17) is 21.1 Å². The molecule has 0 atom stereocenters. The summed E-state index contributed by atoms with van der Waals surface area (Å²) >= 11 is 7.32. The molecule has 0 spiro atoms. The van der Waals surface area contributed by atoms with Gasteiger partial charge in [0.1, 0.15) is 27.7 Å². The minimum absolute atomic E-state index is 0.220. The maximum Gasteiger partial charge on any atom is 0.341 e. The monoisotopic (exact) mass is 483 g/mol. The van der Waals surface area contributed by atoms with Gasteiger partial charge in [0.05, 0.1) is 18.9 Å². The molecular weight excluding hydrogens is 462 g/mol. The van der Waals surface area contributed by atoms with Gasteiger partial charge in [-0.1, -0.05) is 23.7 Å². The van der Waals surface area contributed by atoms with Crippen LogP contribution >= 0.6 is 22.9 Å². The van der Waals surface area contributed by atoms with Gasteiger partial charge >= 0.3 is 5.97 Å². The summed E-state index contributed by atoms with van der Waals surface area (Å²) < 4.78 is 12.5. The summed E-state index contributed by atoms with van der Waals surface area (Å²) in [7, 11) is 0. The predicted octanol–water partition coefficient (Wildman–Crippen LogP) is 5.85. The highest BCUT2D eigenvalue weighted by Gasteiger charge is 2.25. The van der Waals surface area contributed by atoms with Crippen molar-refractivity contribution in [1.29, 1.82) is 0 Å². The second kappa shape index (κ2) is 9.64. The highest BCUT2D eigenvalue weighted by Crippen LogP contribution is 2.37.